The topological polar surface area (TPSA) is 95.6 Å². The minimum Gasteiger partial charge on any atom is -0.344 e. The first-order valence-electron chi connectivity index (χ1n) is 10.7. The molecule has 0 radical (unpaired) electrons. The predicted molar refractivity (Wildman–Crippen MR) is 120 cm³/mol. The van der Waals surface area contributed by atoms with Crippen molar-refractivity contribution < 1.29 is 31.2 Å². The average Bonchev–Trinajstić information content (AvgIpc) is 2.79. The highest BCUT2D eigenvalue weighted by Crippen LogP contribution is 2.34. The van der Waals surface area contributed by atoms with Gasteiger partial charge in [-0.05, 0) is 51.0 Å². The van der Waals surface area contributed by atoms with Gasteiger partial charge in [-0.25, -0.2) is 8.42 Å². The van der Waals surface area contributed by atoms with Crippen molar-refractivity contribution in [2.24, 2.45) is 5.92 Å². The molecule has 7 nitrogen and oxygen atoms in total. The molecule has 0 bridgehead atoms. The van der Waals surface area contributed by atoms with Crippen molar-refractivity contribution in [1.29, 1.82) is 0 Å². The van der Waals surface area contributed by atoms with Crippen LogP contribution < -0.4 is 10.6 Å². The highest BCUT2D eigenvalue weighted by Gasteiger charge is 2.35. The molecule has 2 aromatic carbocycles. The number of nitrogens with one attached hydrogen (secondary N) is 2. The Kier molecular flexibility index (Phi) is 7.67. The second-order valence-corrected chi connectivity index (χ2v) is 10.2. The van der Waals surface area contributed by atoms with Crippen LogP contribution in [0.15, 0.2) is 53.4 Å². The Morgan fingerprint density at radius 1 is 1.03 bits per heavy atom. The molecule has 1 unspecified atom stereocenters. The summed E-state index contributed by atoms with van der Waals surface area (Å²) >= 11 is 0. The molecule has 1 fully saturated rings. The van der Waals surface area contributed by atoms with Crippen molar-refractivity contribution >= 4 is 27.5 Å². The summed E-state index contributed by atoms with van der Waals surface area (Å²) < 4.78 is 66.3. The van der Waals surface area contributed by atoms with Crippen molar-refractivity contribution in [2.45, 2.75) is 43.8 Å². The van der Waals surface area contributed by atoms with E-state index < -0.39 is 51.2 Å². The normalized spacial score (nSPS) is 16.6. The Morgan fingerprint density at radius 2 is 1.62 bits per heavy atom. The molecular weight excluding hydrogens is 471 g/mol. The third-order valence-corrected chi connectivity index (χ3v) is 7.64. The van der Waals surface area contributed by atoms with Gasteiger partial charge in [0.1, 0.15) is 6.04 Å². The van der Waals surface area contributed by atoms with Gasteiger partial charge in [-0.15, -0.1) is 0 Å². The van der Waals surface area contributed by atoms with E-state index in [-0.39, 0.29) is 30.8 Å². The first kappa shape index (κ1) is 25.7. The van der Waals surface area contributed by atoms with Crippen molar-refractivity contribution in [3.63, 3.8) is 0 Å². The largest absolute Gasteiger partial charge is 0.418 e. The number of sulfonamides is 1. The molecular formula is C23H26F3N3O4S. The second kappa shape index (κ2) is 10.1. The zero-order valence-corrected chi connectivity index (χ0v) is 19.5. The summed E-state index contributed by atoms with van der Waals surface area (Å²) in [7, 11) is -3.67. The van der Waals surface area contributed by atoms with Crippen LogP contribution in [-0.4, -0.2) is 43.7 Å². The van der Waals surface area contributed by atoms with Gasteiger partial charge in [0.25, 0.3) is 0 Å². The molecule has 1 aliphatic rings. The molecule has 1 atom stereocenters. The van der Waals surface area contributed by atoms with Crippen LogP contribution >= 0.6 is 0 Å². The van der Waals surface area contributed by atoms with Crippen molar-refractivity contribution in [3.05, 3.63) is 59.7 Å². The third kappa shape index (κ3) is 5.95. The molecule has 3 rings (SSSR count). The molecule has 1 saturated heterocycles. The highest BCUT2D eigenvalue weighted by atomic mass is 32.2. The van der Waals surface area contributed by atoms with Crippen LogP contribution in [0.25, 0.3) is 0 Å². The number of anilines is 1. The van der Waals surface area contributed by atoms with E-state index in [1.54, 1.807) is 24.3 Å². The van der Waals surface area contributed by atoms with Gasteiger partial charge in [0.15, 0.2) is 0 Å². The molecule has 0 saturated carbocycles. The van der Waals surface area contributed by atoms with Crippen LogP contribution in [0, 0.1) is 12.8 Å². The summed E-state index contributed by atoms with van der Waals surface area (Å²) in [5, 5.41) is 4.73. The lowest BCUT2D eigenvalue weighted by atomic mass is 9.97. The van der Waals surface area contributed by atoms with E-state index in [1.165, 1.54) is 23.4 Å². The van der Waals surface area contributed by atoms with Gasteiger partial charge in [0.2, 0.25) is 21.8 Å². The molecule has 2 aromatic rings. The number of benzene rings is 2. The Balaban J connectivity index is 1.56. The van der Waals surface area contributed by atoms with Crippen LogP contribution in [0.3, 0.4) is 0 Å². The zero-order valence-electron chi connectivity index (χ0n) is 18.7. The monoisotopic (exact) mass is 497 g/mol. The fraction of sp³-hybridized carbons (Fsp3) is 0.391. The highest BCUT2D eigenvalue weighted by molar-refractivity contribution is 7.89. The van der Waals surface area contributed by atoms with E-state index in [1.807, 2.05) is 6.92 Å². The van der Waals surface area contributed by atoms with E-state index in [9.17, 15) is 31.2 Å². The Morgan fingerprint density at radius 3 is 2.21 bits per heavy atom. The fourth-order valence-corrected chi connectivity index (χ4v) is 5.16. The van der Waals surface area contributed by atoms with Crippen LogP contribution in [0.2, 0.25) is 0 Å². The molecule has 1 heterocycles. The van der Waals surface area contributed by atoms with E-state index in [2.05, 4.69) is 10.6 Å². The zero-order chi connectivity index (χ0) is 25.1. The Labute approximate surface area is 196 Å². The average molecular weight is 498 g/mol. The number of rotatable bonds is 6. The summed E-state index contributed by atoms with van der Waals surface area (Å²) in [6.45, 7) is 3.53. The Bertz CT molecular complexity index is 1140. The number of para-hydroxylation sites is 1. The van der Waals surface area contributed by atoms with E-state index in [0.29, 0.717) is 0 Å². The molecule has 1 aliphatic heterocycles. The minimum absolute atomic E-state index is 0.147. The van der Waals surface area contributed by atoms with Gasteiger partial charge in [-0.3, -0.25) is 9.59 Å². The van der Waals surface area contributed by atoms with Gasteiger partial charge < -0.3 is 10.6 Å². The standard InChI is InChI=1S/C23H26F3N3O4S/c1-15-7-9-18(10-8-15)34(32,33)29-13-11-17(12-14-29)22(31)27-16(2)21(30)28-20-6-4-3-5-19(20)23(24,25)26/h3-10,16-17H,11-14H2,1-2H3,(H,27,31)(H,28,30). The maximum atomic E-state index is 13.1. The van der Waals surface area contributed by atoms with Crippen molar-refractivity contribution in [1.82, 2.24) is 9.62 Å². The van der Waals surface area contributed by atoms with Gasteiger partial charge in [0, 0.05) is 19.0 Å². The number of hydrogen-bond donors (Lipinski definition) is 2. The minimum atomic E-state index is -4.64. The number of carbonyl (C=O) groups excluding carboxylic acids is 2. The summed E-state index contributed by atoms with van der Waals surface area (Å²) in [6.07, 6.45) is -4.10. The van der Waals surface area contributed by atoms with Gasteiger partial charge in [-0.2, -0.15) is 17.5 Å². The van der Waals surface area contributed by atoms with E-state index in [4.69, 9.17) is 0 Å². The van der Waals surface area contributed by atoms with Gasteiger partial charge in [0.05, 0.1) is 16.1 Å². The smallest absolute Gasteiger partial charge is 0.344 e. The number of halogens is 3. The molecule has 2 amide bonds. The number of alkyl halides is 3. The lowest BCUT2D eigenvalue weighted by Gasteiger charge is -2.31. The number of hydrogen-bond acceptors (Lipinski definition) is 4. The number of carbonyl (C=O) groups is 2. The first-order chi connectivity index (χ1) is 15.9. The second-order valence-electron chi connectivity index (χ2n) is 8.25. The number of aryl methyl sites for hydroxylation is 1. The van der Waals surface area contributed by atoms with Crippen molar-refractivity contribution in [2.75, 3.05) is 18.4 Å². The summed E-state index contributed by atoms with van der Waals surface area (Å²) in [5.41, 5.74) is -0.436. The van der Waals surface area contributed by atoms with E-state index >= 15 is 0 Å². The van der Waals surface area contributed by atoms with Crippen LogP contribution in [-0.2, 0) is 25.8 Å². The quantitative estimate of drug-likeness (QED) is 0.638. The molecule has 11 heteroatoms. The number of amides is 2. The molecule has 0 spiro atoms. The van der Waals surface area contributed by atoms with Crippen LogP contribution in [0.4, 0.5) is 18.9 Å². The van der Waals surface area contributed by atoms with Crippen molar-refractivity contribution in [3.8, 4) is 0 Å². The summed E-state index contributed by atoms with van der Waals surface area (Å²) in [6, 6.07) is 10.0. The van der Waals surface area contributed by atoms with Crippen LogP contribution in [0.5, 0.6) is 0 Å². The molecule has 2 N–H and O–H groups in total. The van der Waals surface area contributed by atoms with Gasteiger partial charge >= 0.3 is 6.18 Å². The lowest BCUT2D eigenvalue weighted by molar-refractivity contribution is -0.137. The van der Waals surface area contributed by atoms with Gasteiger partial charge in [-0.1, -0.05) is 29.8 Å². The molecule has 0 aliphatic carbocycles. The fourth-order valence-electron chi connectivity index (χ4n) is 3.69. The maximum Gasteiger partial charge on any atom is 0.418 e. The number of nitrogens with zero attached hydrogens (tertiary/aromatic N) is 1. The SMILES string of the molecule is Cc1ccc(S(=O)(=O)N2CCC(C(=O)NC(C)C(=O)Nc3ccccc3C(F)(F)F)CC2)cc1. The Hall–Kier alpha value is -2.92. The molecule has 0 aromatic heterocycles. The maximum absolute atomic E-state index is 13.1. The lowest BCUT2D eigenvalue weighted by Crippen LogP contribution is -2.47. The van der Waals surface area contributed by atoms with E-state index in [0.717, 1.165) is 17.7 Å². The first-order valence-corrected chi connectivity index (χ1v) is 12.2. The summed E-state index contributed by atoms with van der Waals surface area (Å²) in [5.74, 6) is -1.74. The predicted octanol–water partition coefficient (Wildman–Crippen LogP) is 3.56. The third-order valence-electron chi connectivity index (χ3n) is 5.73. The molecule has 184 valence electrons. The number of piperidine rings is 1. The van der Waals surface area contributed by atoms with Crippen LogP contribution in [0.1, 0.15) is 30.9 Å². The molecule has 34 heavy (non-hydrogen) atoms. The summed E-state index contributed by atoms with van der Waals surface area (Å²) in [4.78, 5) is 25.2.